The van der Waals surface area contributed by atoms with Crippen molar-refractivity contribution >= 4 is 18.0 Å². The summed E-state index contributed by atoms with van der Waals surface area (Å²) in [6.07, 6.45) is 0.390. The van der Waals surface area contributed by atoms with Gasteiger partial charge in [0.15, 0.2) is 0 Å². The van der Waals surface area contributed by atoms with Crippen LogP contribution in [0.15, 0.2) is 48.5 Å². The number of nitrogens with one attached hydrogen (secondary N) is 1. The number of amides is 2. The fourth-order valence-electron chi connectivity index (χ4n) is 5.89. The van der Waals surface area contributed by atoms with Crippen molar-refractivity contribution in [3.05, 3.63) is 59.7 Å². The van der Waals surface area contributed by atoms with Crippen molar-refractivity contribution in [1.29, 1.82) is 0 Å². The lowest BCUT2D eigenvalue weighted by Crippen LogP contribution is -2.45. The minimum Gasteiger partial charge on any atom is -0.481 e. The standard InChI is InChI=1S/C28H32N2O5/c1-16(2)24(13-25(31)30-12-11-21-22(14-30)26(21)27(32)33)29-28(34)35-15-23-19-9-5-3-7-17(19)18-8-4-6-10-20(18)23/h3-10,16,21-24,26H,11-15H2,1-2H3,(H,29,34)(H,32,33)/t21-,22+,24+,26?/m1/s1. The van der Waals surface area contributed by atoms with Crippen LogP contribution in [0.5, 0.6) is 0 Å². The number of alkyl carbamates (subject to hydrolysis) is 1. The number of fused-ring (bicyclic) bond motifs is 4. The molecular formula is C28H32N2O5. The molecule has 1 saturated heterocycles. The molecule has 184 valence electrons. The highest BCUT2D eigenvalue weighted by Crippen LogP contribution is 2.51. The highest BCUT2D eigenvalue weighted by molar-refractivity contribution is 5.80. The van der Waals surface area contributed by atoms with Gasteiger partial charge in [0, 0.05) is 31.5 Å². The summed E-state index contributed by atoms with van der Waals surface area (Å²) in [5.41, 5.74) is 4.65. The van der Waals surface area contributed by atoms with E-state index in [0.29, 0.717) is 13.1 Å². The molecule has 2 aromatic rings. The van der Waals surface area contributed by atoms with Crippen LogP contribution in [-0.2, 0) is 14.3 Å². The summed E-state index contributed by atoms with van der Waals surface area (Å²) in [5, 5.41) is 12.2. The van der Waals surface area contributed by atoms with Crippen molar-refractivity contribution in [2.45, 2.75) is 38.6 Å². The number of hydrogen-bond donors (Lipinski definition) is 2. The predicted octanol–water partition coefficient (Wildman–Crippen LogP) is 4.12. The maximum Gasteiger partial charge on any atom is 0.407 e. The summed E-state index contributed by atoms with van der Waals surface area (Å²) < 4.78 is 5.67. The average molecular weight is 477 g/mol. The lowest BCUT2D eigenvalue weighted by molar-refractivity contribution is -0.139. The Morgan fingerprint density at radius 2 is 1.66 bits per heavy atom. The fraction of sp³-hybridized carbons (Fsp3) is 0.464. The number of carbonyl (C=O) groups is 3. The van der Waals surface area contributed by atoms with Crippen LogP contribution in [-0.4, -0.2) is 53.7 Å². The third-order valence-corrected chi connectivity index (χ3v) is 7.98. The number of piperidine rings is 1. The highest BCUT2D eigenvalue weighted by Gasteiger charge is 2.57. The van der Waals surface area contributed by atoms with Gasteiger partial charge in [0.1, 0.15) is 6.61 Å². The first-order valence-corrected chi connectivity index (χ1v) is 12.5. The number of nitrogens with zero attached hydrogens (tertiary/aromatic N) is 1. The topological polar surface area (TPSA) is 95.9 Å². The Kier molecular flexibility index (Phi) is 6.26. The van der Waals surface area contributed by atoms with Gasteiger partial charge in [-0.05, 0) is 46.4 Å². The van der Waals surface area contributed by atoms with E-state index in [9.17, 15) is 19.5 Å². The van der Waals surface area contributed by atoms with Crippen molar-refractivity contribution in [2.75, 3.05) is 19.7 Å². The zero-order valence-electron chi connectivity index (χ0n) is 20.1. The van der Waals surface area contributed by atoms with Crippen molar-refractivity contribution in [3.8, 4) is 11.1 Å². The normalized spacial score (nSPS) is 23.2. The zero-order chi connectivity index (χ0) is 24.7. The zero-order valence-corrected chi connectivity index (χ0v) is 20.1. The van der Waals surface area contributed by atoms with Crippen LogP contribution in [0.3, 0.4) is 0 Å². The minimum absolute atomic E-state index is 0.0192. The summed E-state index contributed by atoms with van der Waals surface area (Å²) in [7, 11) is 0. The Labute approximate surface area is 205 Å². The Hall–Kier alpha value is -3.35. The van der Waals surface area contributed by atoms with Gasteiger partial charge in [-0.2, -0.15) is 0 Å². The molecule has 35 heavy (non-hydrogen) atoms. The summed E-state index contributed by atoms with van der Waals surface area (Å²) in [6, 6.07) is 16.0. The minimum atomic E-state index is -0.758. The fourth-order valence-corrected chi connectivity index (χ4v) is 5.89. The summed E-state index contributed by atoms with van der Waals surface area (Å²) in [5.74, 6) is -0.816. The van der Waals surface area contributed by atoms with E-state index in [0.717, 1.165) is 17.5 Å². The van der Waals surface area contributed by atoms with Gasteiger partial charge in [-0.3, -0.25) is 9.59 Å². The van der Waals surface area contributed by atoms with Gasteiger partial charge in [-0.1, -0.05) is 62.4 Å². The third kappa shape index (κ3) is 4.51. The van der Waals surface area contributed by atoms with Gasteiger partial charge in [-0.25, -0.2) is 4.79 Å². The Morgan fingerprint density at radius 1 is 1.03 bits per heavy atom. The summed E-state index contributed by atoms with van der Waals surface area (Å²) in [6.45, 7) is 5.24. The van der Waals surface area contributed by atoms with Gasteiger partial charge in [0.2, 0.25) is 5.91 Å². The molecule has 1 aliphatic heterocycles. The summed E-state index contributed by atoms with van der Waals surface area (Å²) in [4.78, 5) is 38.8. The molecule has 1 heterocycles. The maximum absolute atomic E-state index is 13.0. The number of rotatable bonds is 7. The molecule has 2 N–H and O–H groups in total. The first kappa shape index (κ1) is 23.4. The number of benzene rings is 2. The molecule has 2 aliphatic carbocycles. The number of carboxylic acids is 1. The van der Waals surface area contributed by atoms with E-state index in [-0.39, 0.29) is 54.6 Å². The Morgan fingerprint density at radius 3 is 2.26 bits per heavy atom. The molecule has 0 spiro atoms. The van der Waals surface area contributed by atoms with Crippen LogP contribution < -0.4 is 5.32 Å². The number of carbonyl (C=O) groups excluding carboxylic acids is 2. The van der Waals surface area contributed by atoms with Crippen LogP contribution in [0, 0.1) is 23.7 Å². The van der Waals surface area contributed by atoms with E-state index >= 15 is 0 Å². The average Bonchev–Trinajstić information content (AvgIpc) is 3.49. The first-order valence-electron chi connectivity index (χ1n) is 12.5. The number of hydrogen-bond acceptors (Lipinski definition) is 4. The van der Waals surface area contributed by atoms with Crippen molar-refractivity contribution in [2.24, 2.45) is 23.7 Å². The Balaban J connectivity index is 1.17. The number of carboxylic acid groups (broad SMARTS) is 1. The second-order valence-corrected chi connectivity index (χ2v) is 10.3. The first-order chi connectivity index (χ1) is 16.8. The van der Waals surface area contributed by atoms with E-state index < -0.39 is 12.1 Å². The van der Waals surface area contributed by atoms with Gasteiger partial charge in [0.25, 0.3) is 0 Å². The maximum atomic E-state index is 13.0. The molecule has 1 saturated carbocycles. The van der Waals surface area contributed by atoms with Gasteiger partial charge >= 0.3 is 12.1 Å². The molecule has 5 rings (SSSR count). The van der Waals surface area contributed by atoms with Crippen LogP contribution in [0.25, 0.3) is 11.1 Å². The van der Waals surface area contributed by atoms with Crippen molar-refractivity contribution < 1.29 is 24.2 Å². The van der Waals surface area contributed by atoms with Gasteiger partial charge in [0.05, 0.1) is 5.92 Å². The van der Waals surface area contributed by atoms with E-state index in [1.165, 1.54) is 11.1 Å². The molecular weight excluding hydrogens is 444 g/mol. The highest BCUT2D eigenvalue weighted by atomic mass is 16.5. The van der Waals surface area contributed by atoms with E-state index in [1.54, 1.807) is 4.90 Å². The van der Waals surface area contributed by atoms with E-state index in [2.05, 4.69) is 29.6 Å². The molecule has 7 heteroatoms. The second kappa shape index (κ2) is 9.36. The number of aliphatic carboxylic acids is 1. The smallest absolute Gasteiger partial charge is 0.407 e. The summed E-state index contributed by atoms with van der Waals surface area (Å²) >= 11 is 0. The molecule has 2 amide bonds. The third-order valence-electron chi connectivity index (χ3n) is 7.98. The second-order valence-electron chi connectivity index (χ2n) is 10.3. The van der Waals surface area contributed by atoms with Gasteiger partial charge in [-0.15, -0.1) is 0 Å². The Bertz CT molecular complexity index is 1100. The molecule has 0 bridgehead atoms. The molecule has 0 aromatic heterocycles. The van der Waals surface area contributed by atoms with Crippen molar-refractivity contribution in [3.63, 3.8) is 0 Å². The van der Waals surface area contributed by atoms with Gasteiger partial charge < -0.3 is 20.1 Å². The largest absolute Gasteiger partial charge is 0.481 e. The lowest BCUT2D eigenvalue weighted by Gasteiger charge is -2.29. The monoisotopic (exact) mass is 476 g/mol. The molecule has 3 aliphatic rings. The van der Waals surface area contributed by atoms with Crippen LogP contribution in [0.1, 0.15) is 43.7 Å². The van der Waals surface area contributed by atoms with Crippen molar-refractivity contribution in [1.82, 2.24) is 10.2 Å². The molecule has 7 nitrogen and oxygen atoms in total. The molecule has 4 atom stereocenters. The quantitative estimate of drug-likeness (QED) is 0.627. The number of ether oxygens (including phenoxy) is 1. The van der Waals surface area contributed by atoms with Crippen LogP contribution in [0.4, 0.5) is 4.79 Å². The van der Waals surface area contributed by atoms with Crippen LogP contribution in [0.2, 0.25) is 0 Å². The molecule has 1 unspecified atom stereocenters. The van der Waals surface area contributed by atoms with E-state index in [1.807, 2.05) is 38.1 Å². The van der Waals surface area contributed by atoms with E-state index in [4.69, 9.17) is 4.74 Å². The lowest BCUT2D eigenvalue weighted by atomic mass is 9.98. The molecule has 0 radical (unpaired) electrons. The molecule has 2 aromatic carbocycles. The molecule has 2 fully saturated rings. The predicted molar refractivity (Wildman–Crippen MR) is 131 cm³/mol. The van der Waals surface area contributed by atoms with Crippen LogP contribution >= 0.6 is 0 Å². The number of likely N-dealkylation sites (tertiary alicyclic amines) is 1. The SMILES string of the molecule is CC(C)[C@H](CC(=O)N1CC[C@H]2C(C(=O)O)[C@H]2C1)NC(=O)OCC1c2ccccc2-c2ccccc21.